The number of carbonyl (C=O) groups excluding carboxylic acids is 1. The van der Waals surface area contributed by atoms with Gasteiger partial charge in [-0.2, -0.15) is 10.4 Å². The summed E-state index contributed by atoms with van der Waals surface area (Å²) in [5.41, 5.74) is 2.93. The van der Waals surface area contributed by atoms with E-state index in [2.05, 4.69) is 16.4 Å². The van der Waals surface area contributed by atoms with E-state index in [9.17, 15) is 4.79 Å². The number of amides is 1. The van der Waals surface area contributed by atoms with E-state index in [1.165, 1.54) is 13.3 Å². The van der Waals surface area contributed by atoms with Crippen LogP contribution in [0, 0.1) is 23.7 Å². The van der Waals surface area contributed by atoms with Crippen LogP contribution in [-0.2, 0) is 4.79 Å². The molecule has 1 aromatic rings. The number of hydrogen-bond donors (Lipinski definition) is 1. The summed E-state index contributed by atoms with van der Waals surface area (Å²) in [6.45, 7) is 0.147. The van der Waals surface area contributed by atoms with Gasteiger partial charge in [0.15, 0.2) is 11.5 Å². The molecule has 0 unspecified atom stereocenters. The lowest BCUT2D eigenvalue weighted by Crippen LogP contribution is -2.16. The molecule has 0 aliphatic heterocycles. The normalized spacial score (nSPS) is 9.55. The van der Waals surface area contributed by atoms with E-state index in [-0.39, 0.29) is 13.0 Å². The summed E-state index contributed by atoms with van der Waals surface area (Å²) in [4.78, 5) is 11.0. The Morgan fingerprint density at radius 3 is 3.00 bits per heavy atom. The zero-order valence-corrected chi connectivity index (χ0v) is 10.9. The van der Waals surface area contributed by atoms with Gasteiger partial charge >= 0.3 is 0 Å². The zero-order valence-electron chi connectivity index (χ0n) is 10.9. The lowest BCUT2D eigenvalue weighted by atomic mass is 10.2. The van der Waals surface area contributed by atoms with Crippen molar-refractivity contribution in [1.29, 1.82) is 5.26 Å². The average Bonchev–Trinajstić information content (AvgIpc) is 2.46. The highest BCUT2D eigenvalue weighted by Crippen LogP contribution is 2.27. The van der Waals surface area contributed by atoms with Gasteiger partial charge < -0.3 is 9.47 Å². The predicted molar refractivity (Wildman–Crippen MR) is 73.3 cm³/mol. The fourth-order valence-corrected chi connectivity index (χ4v) is 1.29. The van der Waals surface area contributed by atoms with Crippen LogP contribution in [0.15, 0.2) is 23.3 Å². The Hall–Kier alpha value is -2.99. The first kappa shape index (κ1) is 15.1. The van der Waals surface area contributed by atoms with E-state index >= 15 is 0 Å². The van der Waals surface area contributed by atoms with Crippen molar-refractivity contribution < 1.29 is 14.3 Å². The second-order valence-electron chi connectivity index (χ2n) is 3.53. The highest BCUT2D eigenvalue weighted by Gasteiger charge is 2.04. The molecular weight excluding hydrogens is 258 g/mol. The summed E-state index contributed by atoms with van der Waals surface area (Å²) >= 11 is 0. The van der Waals surface area contributed by atoms with E-state index in [1.54, 1.807) is 24.3 Å². The van der Waals surface area contributed by atoms with Gasteiger partial charge in [0.05, 0.1) is 19.4 Å². The Kier molecular flexibility index (Phi) is 6.16. The first-order chi connectivity index (χ1) is 9.71. The third-order valence-corrected chi connectivity index (χ3v) is 2.14. The Morgan fingerprint density at radius 2 is 2.35 bits per heavy atom. The molecule has 20 heavy (non-hydrogen) atoms. The van der Waals surface area contributed by atoms with Crippen molar-refractivity contribution in [3.8, 4) is 29.9 Å². The van der Waals surface area contributed by atoms with Gasteiger partial charge in [-0.3, -0.25) is 4.79 Å². The lowest BCUT2D eigenvalue weighted by molar-refractivity contribution is -0.120. The van der Waals surface area contributed by atoms with E-state index < -0.39 is 5.91 Å². The molecule has 6 heteroatoms. The first-order valence-corrected chi connectivity index (χ1v) is 5.64. The van der Waals surface area contributed by atoms with Gasteiger partial charge in [-0.25, -0.2) is 5.43 Å². The first-order valence-electron chi connectivity index (χ1n) is 5.64. The second-order valence-corrected chi connectivity index (χ2v) is 3.53. The standard InChI is InChI=1S/C14H13N3O3/c1-3-8-20-12-5-4-11(9-13(12)19-2)10-16-17-14(18)6-7-15/h1,4-5,9-10H,6,8H2,2H3,(H,17,18). The third kappa shape index (κ3) is 4.71. The van der Waals surface area contributed by atoms with E-state index in [0.29, 0.717) is 17.1 Å². The molecule has 102 valence electrons. The van der Waals surface area contributed by atoms with Crippen LogP contribution in [0.25, 0.3) is 0 Å². The number of rotatable bonds is 6. The minimum absolute atomic E-state index is 0.147. The quantitative estimate of drug-likeness (QED) is 0.476. The Labute approximate surface area is 117 Å². The fourth-order valence-electron chi connectivity index (χ4n) is 1.29. The van der Waals surface area contributed by atoms with Crippen LogP contribution in [0.1, 0.15) is 12.0 Å². The maximum Gasteiger partial charge on any atom is 0.254 e. The number of methoxy groups -OCH3 is 1. The van der Waals surface area contributed by atoms with Crippen molar-refractivity contribution in [3.63, 3.8) is 0 Å². The average molecular weight is 271 g/mol. The summed E-state index contributed by atoms with van der Waals surface area (Å²) in [6, 6.07) is 6.83. The summed E-state index contributed by atoms with van der Waals surface area (Å²) < 4.78 is 10.5. The van der Waals surface area contributed by atoms with Crippen molar-refractivity contribution in [2.45, 2.75) is 6.42 Å². The molecular formula is C14H13N3O3. The molecule has 0 spiro atoms. The monoisotopic (exact) mass is 271 g/mol. The molecule has 0 fully saturated rings. The summed E-state index contributed by atoms with van der Waals surface area (Å²) in [5.74, 6) is 2.93. The van der Waals surface area contributed by atoms with E-state index in [1.807, 2.05) is 0 Å². The number of nitriles is 1. The number of carbonyl (C=O) groups is 1. The van der Waals surface area contributed by atoms with Crippen molar-refractivity contribution in [3.05, 3.63) is 23.8 Å². The molecule has 1 amide bonds. The minimum Gasteiger partial charge on any atom is -0.493 e. The largest absolute Gasteiger partial charge is 0.493 e. The number of hydrazone groups is 1. The number of terminal acetylenes is 1. The van der Waals surface area contributed by atoms with Gasteiger partial charge in [-0.15, -0.1) is 6.42 Å². The number of nitrogens with one attached hydrogen (secondary N) is 1. The van der Waals surface area contributed by atoms with Crippen LogP contribution in [0.2, 0.25) is 0 Å². The van der Waals surface area contributed by atoms with Gasteiger partial charge in [0, 0.05) is 0 Å². The zero-order chi connectivity index (χ0) is 14.8. The molecule has 0 radical (unpaired) electrons. The van der Waals surface area contributed by atoms with Crippen LogP contribution in [0.3, 0.4) is 0 Å². The molecule has 1 N–H and O–H groups in total. The minimum atomic E-state index is -0.468. The van der Waals surface area contributed by atoms with Crippen LogP contribution in [-0.4, -0.2) is 25.8 Å². The highest BCUT2D eigenvalue weighted by molar-refractivity contribution is 5.83. The smallest absolute Gasteiger partial charge is 0.254 e. The molecule has 0 aliphatic carbocycles. The SMILES string of the molecule is C#CCOc1ccc(C=NNC(=O)CC#N)cc1OC. The summed E-state index contributed by atoms with van der Waals surface area (Å²) in [6.07, 6.45) is 6.31. The highest BCUT2D eigenvalue weighted by atomic mass is 16.5. The van der Waals surface area contributed by atoms with Crippen molar-refractivity contribution in [1.82, 2.24) is 5.43 Å². The maximum absolute atomic E-state index is 11.0. The Balaban J connectivity index is 2.73. The van der Waals surface area contributed by atoms with E-state index in [0.717, 1.165) is 0 Å². The molecule has 0 heterocycles. The summed E-state index contributed by atoms with van der Waals surface area (Å²) in [5, 5.41) is 12.0. The van der Waals surface area contributed by atoms with Crippen LogP contribution in [0.5, 0.6) is 11.5 Å². The topological polar surface area (TPSA) is 83.7 Å². The molecule has 1 rings (SSSR count). The van der Waals surface area contributed by atoms with Gasteiger partial charge in [0.2, 0.25) is 0 Å². The van der Waals surface area contributed by atoms with Gasteiger partial charge in [-0.05, 0) is 23.8 Å². The molecule has 0 bridgehead atoms. The Morgan fingerprint density at radius 1 is 1.55 bits per heavy atom. The number of nitrogens with zero attached hydrogens (tertiary/aromatic N) is 2. The molecule has 0 atom stereocenters. The van der Waals surface area contributed by atoms with Crippen LogP contribution < -0.4 is 14.9 Å². The van der Waals surface area contributed by atoms with Crippen molar-refractivity contribution in [2.24, 2.45) is 5.10 Å². The van der Waals surface area contributed by atoms with Gasteiger partial charge in [0.1, 0.15) is 13.0 Å². The molecule has 0 aromatic heterocycles. The summed E-state index contributed by atoms with van der Waals surface area (Å²) in [7, 11) is 1.51. The molecule has 6 nitrogen and oxygen atoms in total. The third-order valence-electron chi connectivity index (χ3n) is 2.14. The van der Waals surface area contributed by atoms with Crippen molar-refractivity contribution >= 4 is 12.1 Å². The van der Waals surface area contributed by atoms with Gasteiger partial charge in [0.25, 0.3) is 5.91 Å². The van der Waals surface area contributed by atoms with Crippen LogP contribution >= 0.6 is 0 Å². The number of ether oxygens (including phenoxy) is 2. The fraction of sp³-hybridized carbons (Fsp3) is 0.214. The Bertz CT molecular complexity index is 582. The maximum atomic E-state index is 11.0. The number of hydrogen-bond acceptors (Lipinski definition) is 5. The van der Waals surface area contributed by atoms with E-state index in [4.69, 9.17) is 21.2 Å². The molecule has 1 aromatic carbocycles. The van der Waals surface area contributed by atoms with Crippen LogP contribution in [0.4, 0.5) is 0 Å². The lowest BCUT2D eigenvalue weighted by Gasteiger charge is -2.08. The number of benzene rings is 1. The molecule has 0 saturated heterocycles. The predicted octanol–water partition coefficient (Wildman–Crippen LogP) is 1.07. The molecule has 0 saturated carbocycles. The van der Waals surface area contributed by atoms with Crippen molar-refractivity contribution in [2.75, 3.05) is 13.7 Å². The second kappa shape index (κ2) is 8.17. The molecule has 0 aliphatic rings. The van der Waals surface area contributed by atoms with Gasteiger partial charge in [-0.1, -0.05) is 5.92 Å².